The van der Waals surface area contributed by atoms with Gasteiger partial charge in [-0.3, -0.25) is 0 Å². The predicted molar refractivity (Wildman–Crippen MR) is 54.2 cm³/mol. The Balaban J connectivity index is 3.49. The van der Waals surface area contributed by atoms with Gasteiger partial charge in [0.1, 0.15) is 0 Å². The molecule has 0 spiro atoms. The van der Waals surface area contributed by atoms with Gasteiger partial charge in [-0.2, -0.15) is 0 Å². The van der Waals surface area contributed by atoms with Crippen LogP contribution < -0.4 is 22.9 Å². The van der Waals surface area contributed by atoms with Crippen LogP contribution in [0, 0.1) is 0 Å². The van der Waals surface area contributed by atoms with Crippen LogP contribution in [0.1, 0.15) is 5.56 Å². The lowest BCUT2D eigenvalue weighted by molar-refractivity contribution is 1.61. The largest absolute Gasteiger partial charge is 0.397 e. The number of hydrogen-bond donors (Lipinski definition) is 4. The molecule has 8 N–H and O–H groups in total. The third kappa shape index (κ3) is 1.03. The van der Waals surface area contributed by atoms with Gasteiger partial charge in [0.2, 0.25) is 0 Å². The molecule has 1 aromatic carbocycles. The van der Waals surface area contributed by atoms with Gasteiger partial charge in [-0.05, 0) is 6.07 Å². The molecule has 1 aromatic rings. The number of nitrogen functional groups attached to an aromatic ring is 4. The first-order chi connectivity index (χ1) is 5.57. The number of nitrogens with two attached hydrogens (primary N) is 4. The molecule has 12 heavy (non-hydrogen) atoms. The summed E-state index contributed by atoms with van der Waals surface area (Å²) < 4.78 is 0. The van der Waals surface area contributed by atoms with Gasteiger partial charge in [0.15, 0.2) is 0 Å². The molecule has 0 saturated heterocycles. The molecular formula is C8H12N4. The van der Waals surface area contributed by atoms with Crippen molar-refractivity contribution in [1.82, 2.24) is 0 Å². The highest BCUT2D eigenvalue weighted by molar-refractivity contribution is 5.91. The van der Waals surface area contributed by atoms with Crippen molar-refractivity contribution < 1.29 is 0 Å². The summed E-state index contributed by atoms with van der Waals surface area (Å²) in [5.74, 6) is 0. The molecule has 0 aromatic heterocycles. The van der Waals surface area contributed by atoms with Crippen LogP contribution in [0.25, 0.3) is 6.08 Å². The summed E-state index contributed by atoms with van der Waals surface area (Å²) in [5, 5.41) is 0. The molecule has 0 amide bonds. The molecule has 0 aliphatic carbocycles. The van der Waals surface area contributed by atoms with Gasteiger partial charge in [-0.1, -0.05) is 12.7 Å². The number of hydrogen-bond acceptors (Lipinski definition) is 4. The average molecular weight is 164 g/mol. The maximum atomic E-state index is 5.63. The fourth-order valence-corrected chi connectivity index (χ4v) is 0.948. The Hall–Kier alpha value is -1.84. The zero-order valence-corrected chi connectivity index (χ0v) is 6.67. The van der Waals surface area contributed by atoms with Gasteiger partial charge < -0.3 is 22.9 Å². The van der Waals surface area contributed by atoms with Gasteiger partial charge in [-0.25, -0.2) is 0 Å². The standard InChI is InChI=1S/C8H12N4/c1-2-4-3-5(9)7(11)8(12)6(4)10/h2-3H,1,9-12H2. The second-order valence-corrected chi connectivity index (χ2v) is 2.50. The number of benzene rings is 1. The highest BCUT2D eigenvalue weighted by Gasteiger charge is 2.06. The fraction of sp³-hybridized carbons (Fsp3) is 0. The maximum absolute atomic E-state index is 5.63. The van der Waals surface area contributed by atoms with E-state index in [2.05, 4.69) is 6.58 Å². The highest BCUT2D eigenvalue weighted by Crippen LogP contribution is 2.32. The lowest BCUT2D eigenvalue weighted by atomic mass is 10.1. The Morgan fingerprint density at radius 3 is 2.08 bits per heavy atom. The van der Waals surface area contributed by atoms with E-state index in [-0.39, 0.29) is 0 Å². The van der Waals surface area contributed by atoms with Crippen LogP contribution in [0.4, 0.5) is 22.7 Å². The first-order valence-electron chi connectivity index (χ1n) is 3.43. The smallest absolute Gasteiger partial charge is 0.0808 e. The van der Waals surface area contributed by atoms with Gasteiger partial charge in [0, 0.05) is 5.56 Å². The van der Waals surface area contributed by atoms with Gasteiger partial charge in [0.05, 0.1) is 22.7 Å². The predicted octanol–water partition coefficient (Wildman–Crippen LogP) is 0.658. The Labute approximate surface area is 70.8 Å². The van der Waals surface area contributed by atoms with E-state index in [4.69, 9.17) is 22.9 Å². The fourth-order valence-electron chi connectivity index (χ4n) is 0.948. The van der Waals surface area contributed by atoms with Crippen LogP contribution in [-0.2, 0) is 0 Å². The van der Waals surface area contributed by atoms with Gasteiger partial charge in [-0.15, -0.1) is 0 Å². The first kappa shape index (κ1) is 8.26. The zero-order chi connectivity index (χ0) is 9.30. The third-order valence-corrected chi connectivity index (χ3v) is 1.73. The molecule has 64 valence electrons. The van der Waals surface area contributed by atoms with Gasteiger partial charge >= 0.3 is 0 Å². The monoisotopic (exact) mass is 164 g/mol. The van der Waals surface area contributed by atoms with Crippen LogP contribution in [-0.4, -0.2) is 0 Å². The van der Waals surface area contributed by atoms with Crippen molar-refractivity contribution in [1.29, 1.82) is 0 Å². The van der Waals surface area contributed by atoms with Gasteiger partial charge in [0.25, 0.3) is 0 Å². The zero-order valence-electron chi connectivity index (χ0n) is 6.67. The molecule has 4 nitrogen and oxygen atoms in total. The van der Waals surface area contributed by atoms with E-state index < -0.39 is 0 Å². The molecular weight excluding hydrogens is 152 g/mol. The van der Waals surface area contributed by atoms with E-state index in [0.29, 0.717) is 28.3 Å². The molecule has 0 aliphatic heterocycles. The summed E-state index contributed by atoms with van der Waals surface area (Å²) in [6.07, 6.45) is 1.58. The van der Waals surface area contributed by atoms with Crippen LogP contribution in [0.2, 0.25) is 0 Å². The molecule has 4 heteroatoms. The second kappa shape index (κ2) is 2.65. The summed E-state index contributed by atoms with van der Waals surface area (Å²) in [6, 6.07) is 1.65. The van der Waals surface area contributed by atoms with Crippen molar-refractivity contribution in [2.24, 2.45) is 0 Å². The van der Waals surface area contributed by atoms with Crippen LogP contribution >= 0.6 is 0 Å². The highest BCUT2D eigenvalue weighted by atomic mass is 14.8. The van der Waals surface area contributed by atoms with E-state index >= 15 is 0 Å². The summed E-state index contributed by atoms with van der Waals surface area (Å²) in [5.41, 5.74) is 24.5. The second-order valence-electron chi connectivity index (χ2n) is 2.50. The molecule has 1 rings (SSSR count). The Morgan fingerprint density at radius 1 is 1.00 bits per heavy atom. The normalized spacial score (nSPS) is 9.67. The van der Waals surface area contributed by atoms with Crippen molar-refractivity contribution >= 4 is 28.8 Å². The molecule has 0 fully saturated rings. The van der Waals surface area contributed by atoms with Crippen molar-refractivity contribution in [2.45, 2.75) is 0 Å². The molecule has 0 aliphatic rings. The van der Waals surface area contributed by atoms with Crippen LogP contribution in [0.15, 0.2) is 12.6 Å². The van der Waals surface area contributed by atoms with E-state index in [1.807, 2.05) is 0 Å². The topological polar surface area (TPSA) is 104 Å². The third-order valence-electron chi connectivity index (χ3n) is 1.73. The molecule has 0 radical (unpaired) electrons. The average Bonchev–Trinajstić information content (AvgIpc) is 2.08. The van der Waals surface area contributed by atoms with Crippen molar-refractivity contribution in [3.8, 4) is 0 Å². The van der Waals surface area contributed by atoms with Crippen molar-refractivity contribution in [2.75, 3.05) is 22.9 Å². The lowest BCUT2D eigenvalue weighted by Crippen LogP contribution is -2.05. The Kier molecular flexibility index (Phi) is 1.83. The minimum absolute atomic E-state index is 0.324. The van der Waals surface area contributed by atoms with E-state index in [1.54, 1.807) is 12.1 Å². The molecule has 0 unspecified atom stereocenters. The van der Waals surface area contributed by atoms with Crippen molar-refractivity contribution in [3.05, 3.63) is 18.2 Å². The van der Waals surface area contributed by atoms with E-state index in [1.165, 1.54) is 0 Å². The SMILES string of the molecule is C=Cc1cc(N)c(N)c(N)c1N. The minimum Gasteiger partial charge on any atom is -0.397 e. The van der Waals surface area contributed by atoms with Crippen LogP contribution in [0.3, 0.4) is 0 Å². The summed E-state index contributed by atoms with van der Waals surface area (Å²) >= 11 is 0. The summed E-state index contributed by atoms with van der Waals surface area (Å²) in [4.78, 5) is 0. The minimum atomic E-state index is 0.324. The lowest BCUT2D eigenvalue weighted by Gasteiger charge is -2.09. The summed E-state index contributed by atoms with van der Waals surface area (Å²) in [7, 11) is 0. The first-order valence-corrected chi connectivity index (χ1v) is 3.43. The quantitative estimate of drug-likeness (QED) is 0.457. The Morgan fingerprint density at radius 2 is 1.58 bits per heavy atom. The van der Waals surface area contributed by atoms with Crippen molar-refractivity contribution in [3.63, 3.8) is 0 Å². The Bertz CT molecular complexity index is 330. The van der Waals surface area contributed by atoms with E-state index in [9.17, 15) is 0 Å². The molecule has 0 heterocycles. The summed E-state index contributed by atoms with van der Waals surface area (Å²) in [6.45, 7) is 3.57. The maximum Gasteiger partial charge on any atom is 0.0808 e. The van der Waals surface area contributed by atoms with Crippen LogP contribution in [0.5, 0.6) is 0 Å². The molecule has 0 atom stereocenters. The molecule has 0 bridgehead atoms. The number of rotatable bonds is 1. The molecule has 0 saturated carbocycles. The number of anilines is 4. The van der Waals surface area contributed by atoms with E-state index in [0.717, 1.165) is 0 Å².